The number of carbonyl (C=O) groups excluding carboxylic acids is 2. The molecule has 0 heterocycles. The fourth-order valence-electron chi connectivity index (χ4n) is 2.59. The van der Waals surface area contributed by atoms with E-state index in [9.17, 15) is 9.59 Å². The van der Waals surface area contributed by atoms with Gasteiger partial charge in [0.15, 0.2) is 5.78 Å². The first-order valence-electron chi connectivity index (χ1n) is 8.93. The second-order valence-corrected chi connectivity index (χ2v) is 7.01. The fourth-order valence-corrected chi connectivity index (χ4v) is 2.95. The minimum Gasteiger partial charge on any atom is -0.493 e. The third-order valence-corrected chi connectivity index (χ3v) is 4.48. The van der Waals surface area contributed by atoms with Gasteiger partial charge in [0.05, 0.1) is 6.61 Å². The molecule has 28 heavy (non-hydrogen) atoms. The first-order chi connectivity index (χ1) is 13.6. The zero-order valence-electron chi connectivity index (χ0n) is 15.4. The van der Waals surface area contributed by atoms with Crippen molar-refractivity contribution >= 4 is 27.7 Å². The molecule has 0 saturated carbocycles. The van der Waals surface area contributed by atoms with Gasteiger partial charge < -0.3 is 9.47 Å². The van der Waals surface area contributed by atoms with Crippen LogP contribution in [-0.2, 0) is 0 Å². The quantitative estimate of drug-likeness (QED) is 0.270. The predicted octanol–water partition coefficient (Wildman–Crippen LogP) is 5.69. The molecule has 0 N–H and O–H groups in total. The van der Waals surface area contributed by atoms with Crippen LogP contribution in [0.1, 0.15) is 39.6 Å². The molecule has 0 bridgehead atoms. The van der Waals surface area contributed by atoms with E-state index < -0.39 is 5.97 Å². The van der Waals surface area contributed by atoms with E-state index in [1.54, 1.807) is 48.5 Å². The molecule has 5 heteroatoms. The van der Waals surface area contributed by atoms with E-state index in [1.807, 2.05) is 31.2 Å². The summed E-state index contributed by atoms with van der Waals surface area (Å²) < 4.78 is 11.9. The second kappa shape index (κ2) is 9.33. The third kappa shape index (κ3) is 4.87. The van der Waals surface area contributed by atoms with Crippen molar-refractivity contribution in [3.63, 3.8) is 0 Å². The summed E-state index contributed by atoms with van der Waals surface area (Å²) in [5.74, 6) is 0.234. The summed E-state index contributed by atoms with van der Waals surface area (Å²) in [5, 5.41) is 0. The molecule has 3 aromatic carbocycles. The molecule has 0 saturated heterocycles. The molecular formula is C23H19BrO4. The monoisotopic (exact) mass is 438 g/mol. The van der Waals surface area contributed by atoms with E-state index in [0.717, 1.165) is 10.9 Å². The van der Waals surface area contributed by atoms with Gasteiger partial charge in [-0.3, -0.25) is 4.79 Å². The van der Waals surface area contributed by atoms with Crippen molar-refractivity contribution in [3.8, 4) is 11.5 Å². The first kappa shape index (κ1) is 19.8. The summed E-state index contributed by atoms with van der Waals surface area (Å²) in [6.45, 7) is 2.51. The topological polar surface area (TPSA) is 52.6 Å². The number of carbonyl (C=O) groups is 2. The highest BCUT2D eigenvalue weighted by atomic mass is 79.9. The molecule has 0 radical (unpaired) electrons. The highest BCUT2D eigenvalue weighted by Gasteiger charge is 2.16. The lowest BCUT2D eigenvalue weighted by atomic mass is 10.0. The average Bonchev–Trinajstić information content (AvgIpc) is 2.73. The van der Waals surface area contributed by atoms with Crippen molar-refractivity contribution in [1.82, 2.24) is 0 Å². The Bertz CT molecular complexity index is 966. The maximum atomic E-state index is 12.6. The minimum atomic E-state index is -0.519. The zero-order valence-corrected chi connectivity index (χ0v) is 16.9. The molecule has 142 valence electrons. The van der Waals surface area contributed by atoms with Crippen molar-refractivity contribution in [3.05, 3.63) is 94.0 Å². The lowest BCUT2D eigenvalue weighted by Gasteiger charge is -2.11. The van der Waals surface area contributed by atoms with Gasteiger partial charge in [-0.15, -0.1) is 0 Å². The number of benzene rings is 3. The van der Waals surface area contributed by atoms with Gasteiger partial charge >= 0.3 is 5.97 Å². The van der Waals surface area contributed by atoms with Crippen LogP contribution in [0.25, 0.3) is 0 Å². The molecule has 0 unspecified atom stereocenters. The van der Waals surface area contributed by atoms with E-state index in [-0.39, 0.29) is 5.78 Å². The van der Waals surface area contributed by atoms with Gasteiger partial charge in [-0.25, -0.2) is 4.79 Å². The van der Waals surface area contributed by atoms with Gasteiger partial charge in [0.25, 0.3) is 0 Å². The standard InChI is InChI=1S/C23H19BrO4/c1-2-14-27-21-13-10-18(24)15-20(21)23(26)28-19-11-8-17(9-12-19)22(25)16-6-4-3-5-7-16/h3-13,15H,2,14H2,1H3. The Labute approximate surface area is 172 Å². The van der Waals surface area contributed by atoms with Crippen molar-refractivity contribution in [2.75, 3.05) is 6.61 Å². The van der Waals surface area contributed by atoms with Crippen LogP contribution in [0.5, 0.6) is 11.5 Å². The highest BCUT2D eigenvalue weighted by Crippen LogP contribution is 2.25. The average molecular weight is 439 g/mol. The molecule has 4 nitrogen and oxygen atoms in total. The van der Waals surface area contributed by atoms with Gasteiger partial charge in [-0.2, -0.15) is 0 Å². The van der Waals surface area contributed by atoms with Crippen LogP contribution in [0.15, 0.2) is 77.3 Å². The van der Waals surface area contributed by atoms with Crippen molar-refractivity contribution < 1.29 is 19.1 Å². The summed E-state index contributed by atoms with van der Waals surface area (Å²) in [7, 11) is 0. The SMILES string of the molecule is CCCOc1ccc(Br)cc1C(=O)Oc1ccc(C(=O)c2ccccc2)cc1. The summed E-state index contributed by atoms with van der Waals surface area (Å²) in [5.41, 5.74) is 1.48. The molecule has 0 atom stereocenters. The number of esters is 1. The molecule has 0 aliphatic heterocycles. The van der Waals surface area contributed by atoms with Crippen LogP contribution in [0.2, 0.25) is 0 Å². The largest absolute Gasteiger partial charge is 0.493 e. The summed E-state index contributed by atoms with van der Waals surface area (Å²) in [4.78, 5) is 25.1. The maximum Gasteiger partial charge on any atom is 0.347 e. The number of ether oxygens (including phenoxy) is 2. The molecule has 0 aromatic heterocycles. The van der Waals surface area contributed by atoms with Crippen molar-refractivity contribution in [2.24, 2.45) is 0 Å². The highest BCUT2D eigenvalue weighted by molar-refractivity contribution is 9.10. The van der Waals surface area contributed by atoms with Crippen LogP contribution in [0, 0.1) is 0 Å². The lowest BCUT2D eigenvalue weighted by molar-refractivity contribution is 0.0730. The zero-order chi connectivity index (χ0) is 19.9. The van der Waals surface area contributed by atoms with Crippen molar-refractivity contribution in [1.29, 1.82) is 0 Å². The number of ketones is 1. The Morgan fingerprint density at radius 2 is 1.57 bits per heavy atom. The Balaban J connectivity index is 1.75. The van der Waals surface area contributed by atoms with Crippen LogP contribution in [0.4, 0.5) is 0 Å². The van der Waals surface area contributed by atoms with Crippen LogP contribution < -0.4 is 9.47 Å². The molecule has 0 spiro atoms. The van der Waals surface area contributed by atoms with Gasteiger partial charge in [0, 0.05) is 15.6 Å². The lowest BCUT2D eigenvalue weighted by Crippen LogP contribution is -2.11. The summed E-state index contributed by atoms with van der Waals surface area (Å²) in [6, 6.07) is 20.8. The van der Waals surface area contributed by atoms with Crippen LogP contribution in [0.3, 0.4) is 0 Å². The minimum absolute atomic E-state index is 0.0827. The predicted molar refractivity (Wildman–Crippen MR) is 111 cm³/mol. The fraction of sp³-hybridized carbons (Fsp3) is 0.130. The molecular weight excluding hydrogens is 420 g/mol. The first-order valence-corrected chi connectivity index (χ1v) is 9.72. The van der Waals surface area contributed by atoms with Crippen molar-refractivity contribution in [2.45, 2.75) is 13.3 Å². The number of halogens is 1. The Hall–Kier alpha value is -2.92. The number of rotatable bonds is 7. The van der Waals surface area contributed by atoms with Gasteiger partial charge in [-0.1, -0.05) is 53.2 Å². The molecule has 0 fully saturated rings. The number of hydrogen-bond donors (Lipinski definition) is 0. The third-order valence-electron chi connectivity index (χ3n) is 3.99. The number of hydrogen-bond acceptors (Lipinski definition) is 4. The Morgan fingerprint density at radius 1 is 0.893 bits per heavy atom. The van der Waals surface area contributed by atoms with E-state index in [2.05, 4.69) is 15.9 Å². The summed E-state index contributed by atoms with van der Waals surface area (Å²) in [6.07, 6.45) is 0.835. The van der Waals surface area contributed by atoms with Crippen LogP contribution >= 0.6 is 15.9 Å². The Kier molecular flexibility index (Phi) is 6.61. The summed E-state index contributed by atoms with van der Waals surface area (Å²) >= 11 is 3.37. The maximum absolute atomic E-state index is 12.6. The smallest absolute Gasteiger partial charge is 0.347 e. The van der Waals surface area contributed by atoms with E-state index >= 15 is 0 Å². The molecule has 0 amide bonds. The van der Waals surface area contributed by atoms with Crippen LogP contribution in [-0.4, -0.2) is 18.4 Å². The molecule has 3 aromatic rings. The Morgan fingerprint density at radius 3 is 2.25 bits per heavy atom. The van der Waals surface area contributed by atoms with Gasteiger partial charge in [-0.05, 0) is 48.9 Å². The van der Waals surface area contributed by atoms with E-state index in [0.29, 0.717) is 34.8 Å². The van der Waals surface area contributed by atoms with E-state index in [1.165, 1.54) is 0 Å². The molecule has 0 aliphatic carbocycles. The van der Waals surface area contributed by atoms with E-state index in [4.69, 9.17) is 9.47 Å². The molecule has 3 rings (SSSR count). The normalized spacial score (nSPS) is 10.4. The van der Waals surface area contributed by atoms with Gasteiger partial charge in [0.2, 0.25) is 0 Å². The molecule has 0 aliphatic rings. The van der Waals surface area contributed by atoms with Gasteiger partial charge in [0.1, 0.15) is 17.1 Å². The second-order valence-electron chi connectivity index (χ2n) is 6.10.